The molecule has 1 aromatic heterocycles. The number of hydrogen-bond donors (Lipinski definition) is 1. The van der Waals surface area contributed by atoms with Gasteiger partial charge < -0.3 is 5.32 Å². The Balaban J connectivity index is 1.48. The smallest absolute Gasteiger partial charge is 0.0453 e. The summed E-state index contributed by atoms with van der Waals surface area (Å²) in [6, 6.07) is 27.6. The molecule has 0 bridgehead atoms. The van der Waals surface area contributed by atoms with E-state index in [-0.39, 0.29) is 5.54 Å². The Hall–Kier alpha value is -2.65. The van der Waals surface area contributed by atoms with Crippen molar-refractivity contribution in [3.05, 3.63) is 96.3 Å². The zero-order chi connectivity index (χ0) is 18.4. The highest BCUT2D eigenvalue weighted by molar-refractivity contribution is 5.46. The predicted octanol–water partition coefficient (Wildman–Crippen LogP) is 4.77. The molecule has 27 heavy (non-hydrogen) atoms. The molecule has 2 aromatic carbocycles. The van der Waals surface area contributed by atoms with Crippen molar-refractivity contribution >= 4 is 5.69 Å². The molecule has 0 spiro atoms. The minimum Gasteiger partial charge on any atom is -0.379 e. The number of aromatic nitrogens is 1. The second-order valence-corrected chi connectivity index (χ2v) is 7.53. The maximum absolute atomic E-state index is 4.59. The molecule has 4 rings (SSSR count). The fourth-order valence-electron chi connectivity index (χ4n) is 4.00. The van der Waals surface area contributed by atoms with Crippen molar-refractivity contribution in [1.82, 2.24) is 9.88 Å². The third-order valence-electron chi connectivity index (χ3n) is 5.49. The molecular weight excluding hydrogens is 330 g/mol. The van der Waals surface area contributed by atoms with Crippen LogP contribution in [0.4, 0.5) is 5.69 Å². The Morgan fingerprint density at radius 2 is 1.48 bits per heavy atom. The summed E-state index contributed by atoms with van der Waals surface area (Å²) in [4.78, 5) is 7.16. The van der Waals surface area contributed by atoms with Crippen molar-refractivity contribution < 1.29 is 0 Å². The summed E-state index contributed by atoms with van der Waals surface area (Å²) in [6.45, 7) is 3.23. The summed E-state index contributed by atoms with van der Waals surface area (Å²) >= 11 is 0. The van der Waals surface area contributed by atoms with Crippen LogP contribution < -0.4 is 5.32 Å². The number of piperidine rings is 1. The molecule has 2 heterocycles. The summed E-state index contributed by atoms with van der Waals surface area (Å²) in [5, 5.41) is 3.86. The van der Waals surface area contributed by atoms with Crippen molar-refractivity contribution in [1.29, 1.82) is 0 Å². The summed E-state index contributed by atoms with van der Waals surface area (Å²) in [7, 11) is 0. The molecule has 0 unspecified atom stereocenters. The fraction of sp³-hybridized carbons (Fsp3) is 0.292. The molecule has 0 aliphatic carbocycles. The van der Waals surface area contributed by atoms with Gasteiger partial charge in [0.1, 0.15) is 0 Å². The summed E-state index contributed by atoms with van der Waals surface area (Å²) in [6.07, 6.45) is 5.09. The first-order chi connectivity index (χ1) is 13.3. The van der Waals surface area contributed by atoms with Gasteiger partial charge in [0.2, 0.25) is 0 Å². The molecular formula is C24H27N3. The average molecular weight is 358 g/mol. The number of benzene rings is 2. The zero-order valence-electron chi connectivity index (χ0n) is 15.7. The van der Waals surface area contributed by atoms with E-state index < -0.39 is 0 Å². The molecule has 1 aliphatic rings. The molecule has 138 valence electrons. The number of likely N-dealkylation sites (tertiary alicyclic amines) is 1. The lowest BCUT2D eigenvalue weighted by Gasteiger charge is -2.43. The van der Waals surface area contributed by atoms with Crippen LogP contribution in [0.1, 0.15) is 24.1 Å². The largest absolute Gasteiger partial charge is 0.379 e. The van der Waals surface area contributed by atoms with Crippen LogP contribution in [0.3, 0.4) is 0 Å². The van der Waals surface area contributed by atoms with E-state index in [1.165, 1.54) is 11.3 Å². The van der Waals surface area contributed by atoms with Crippen LogP contribution in [-0.2, 0) is 13.0 Å². The van der Waals surface area contributed by atoms with Crippen LogP contribution >= 0.6 is 0 Å². The molecule has 0 saturated carbocycles. The number of pyridine rings is 1. The molecule has 0 radical (unpaired) electrons. The average Bonchev–Trinajstić information content (AvgIpc) is 2.72. The lowest BCUT2D eigenvalue weighted by Crippen LogP contribution is -2.50. The van der Waals surface area contributed by atoms with Crippen molar-refractivity contribution in [2.75, 3.05) is 18.4 Å². The van der Waals surface area contributed by atoms with Gasteiger partial charge in [0.25, 0.3) is 0 Å². The quantitative estimate of drug-likeness (QED) is 0.689. The van der Waals surface area contributed by atoms with E-state index in [0.717, 1.165) is 44.6 Å². The molecule has 1 saturated heterocycles. The Morgan fingerprint density at radius 3 is 2.15 bits per heavy atom. The first kappa shape index (κ1) is 17.7. The summed E-state index contributed by atoms with van der Waals surface area (Å²) < 4.78 is 0. The normalized spacial score (nSPS) is 16.7. The van der Waals surface area contributed by atoms with Gasteiger partial charge in [-0.15, -0.1) is 0 Å². The van der Waals surface area contributed by atoms with Crippen molar-refractivity contribution in [2.24, 2.45) is 0 Å². The van der Waals surface area contributed by atoms with Gasteiger partial charge in [-0.05, 0) is 42.7 Å². The second kappa shape index (κ2) is 8.36. The molecule has 0 atom stereocenters. The van der Waals surface area contributed by atoms with Gasteiger partial charge in [0, 0.05) is 49.2 Å². The highest BCUT2D eigenvalue weighted by Gasteiger charge is 2.35. The highest BCUT2D eigenvalue weighted by Crippen LogP contribution is 2.31. The van der Waals surface area contributed by atoms with Crippen LogP contribution in [0, 0.1) is 0 Å². The van der Waals surface area contributed by atoms with Crippen molar-refractivity contribution in [3.8, 4) is 0 Å². The van der Waals surface area contributed by atoms with Crippen LogP contribution in [0.25, 0.3) is 0 Å². The van der Waals surface area contributed by atoms with E-state index in [2.05, 4.69) is 88.0 Å². The SMILES string of the molecule is c1ccc(CN2CCC(Cc3ccccn3)(Nc3ccccc3)CC2)cc1. The van der Waals surface area contributed by atoms with Gasteiger partial charge in [-0.3, -0.25) is 9.88 Å². The number of hydrogen-bond acceptors (Lipinski definition) is 3. The molecule has 3 heteroatoms. The maximum atomic E-state index is 4.59. The topological polar surface area (TPSA) is 28.2 Å². The van der Waals surface area contributed by atoms with E-state index in [9.17, 15) is 0 Å². The number of nitrogens with one attached hydrogen (secondary N) is 1. The standard InChI is InChI=1S/C24H27N3/c1-3-9-21(10-4-1)20-27-17-14-24(15-18-27,19-23-13-7-8-16-25-23)26-22-11-5-2-6-12-22/h1-13,16,26H,14-15,17-20H2. The third kappa shape index (κ3) is 4.75. The third-order valence-corrected chi connectivity index (χ3v) is 5.49. The predicted molar refractivity (Wildman–Crippen MR) is 112 cm³/mol. The highest BCUT2D eigenvalue weighted by atomic mass is 15.2. The van der Waals surface area contributed by atoms with Crippen LogP contribution in [0.2, 0.25) is 0 Å². The Morgan fingerprint density at radius 1 is 0.815 bits per heavy atom. The number of para-hydroxylation sites is 1. The summed E-state index contributed by atoms with van der Waals surface area (Å²) in [5.74, 6) is 0. The maximum Gasteiger partial charge on any atom is 0.0453 e. The zero-order valence-corrected chi connectivity index (χ0v) is 15.7. The number of nitrogens with zero attached hydrogens (tertiary/aromatic N) is 2. The summed E-state index contributed by atoms with van der Waals surface area (Å²) in [5.41, 5.74) is 3.82. The molecule has 1 aliphatic heterocycles. The Bertz CT molecular complexity index is 767. The molecule has 1 fully saturated rings. The molecule has 1 N–H and O–H groups in total. The van der Waals surface area contributed by atoms with Gasteiger partial charge in [-0.2, -0.15) is 0 Å². The monoisotopic (exact) mass is 357 g/mol. The molecule has 3 aromatic rings. The van der Waals surface area contributed by atoms with Gasteiger partial charge in [0.15, 0.2) is 0 Å². The minimum absolute atomic E-state index is 0.0584. The van der Waals surface area contributed by atoms with Gasteiger partial charge in [-0.1, -0.05) is 54.6 Å². The van der Waals surface area contributed by atoms with Gasteiger partial charge >= 0.3 is 0 Å². The number of rotatable bonds is 6. The van der Waals surface area contributed by atoms with E-state index in [0.29, 0.717) is 0 Å². The Labute approximate surface area is 162 Å². The molecule has 3 nitrogen and oxygen atoms in total. The van der Waals surface area contributed by atoms with Crippen LogP contribution in [0.15, 0.2) is 85.1 Å². The second-order valence-electron chi connectivity index (χ2n) is 7.53. The first-order valence-electron chi connectivity index (χ1n) is 9.81. The molecule has 0 amide bonds. The number of anilines is 1. The lowest BCUT2D eigenvalue weighted by molar-refractivity contribution is 0.165. The van der Waals surface area contributed by atoms with E-state index >= 15 is 0 Å². The van der Waals surface area contributed by atoms with Gasteiger partial charge in [-0.25, -0.2) is 0 Å². The van der Waals surface area contributed by atoms with Crippen LogP contribution in [-0.4, -0.2) is 28.5 Å². The van der Waals surface area contributed by atoms with Crippen molar-refractivity contribution in [2.45, 2.75) is 31.3 Å². The van der Waals surface area contributed by atoms with E-state index in [1.54, 1.807) is 0 Å². The van der Waals surface area contributed by atoms with Crippen LogP contribution in [0.5, 0.6) is 0 Å². The Kier molecular flexibility index (Phi) is 5.50. The van der Waals surface area contributed by atoms with Crippen molar-refractivity contribution in [3.63, 3.8) is 0 Å². The van der Waals surface area contributed by atoms with Gasteiger partial charge in [0.05, 0.1) is 0 Å². The lowest BCUT2D eigenvalue weighted by atomic mass is 9.82. The van der Waals surface area contributed by atoms with E-state index in [1.807, 2.05) is 12.3 Å². The fourth-order valence-corrected chi connectivity index (χ4v) is 4.00. The minimum atomic E-state index is 0.0584. The van der Waals surface area contributed by atoms with E-state index in [4.69, 9.17) is 0 Å². The first-order valence-corrected chi connectivity index (χ1v) is 9.81.